The molecule has 29 heavy (non-hydrogen) atoms. The van der Waals surface area contributed by atoms with Crippen molar-refractivity contribution < 1.29 is 4.79 Å². The van der Waals surface area contributed by atoms with Crippen molar-refractivity contribution >= 4 is 11.9 Å². The van der Waals surface area contributed by atoms with E-state index in [1.165, 1.54) is 5.56 Å². The van der Waals surface area contributed by atoms with E-state index in [2.05, 4.69) is 68.1 Å². The number of aromatic nitrogens is 1. The summed E-state index contributed by atoms with van der Waals surface area (Å²) in [6, 6.07) is 14.9. The molecule has 1 amide bonds. The fourth-order valence-corrected chi connectivity index (χ4v) is 3.59. The summed E-state index contributed by atoms with van der Waals surface area (Å²) in [6.45, 7) is 5.33. The molecule has 1 fully saturated rings. The monoisotopic (exact) mass is 394 g/mol. The summed E-state index contributed by atoms with van der Waals surface area (Å²) >= 11 is 0. The van der Waals surface area contributed by atoms with Gasteiger partial charge in [-0.25, -0.2) is 0 Å². The number of nitrogens with zero attached hydrogens (tertiary/aromatic N) is 3. The predicted molar refractivity (Wildman–Crippen MR) is 116 cm³/mol. The van der Waals surface area contributed by atoms with Crippen molar-refractivity contribution in [1.29, 1.82) is 0 Å². The fourth-order valence-electron chi connectivity index (χ4n) is 3.59. The molecule has 2 heterocycles. The van der Waals surface area contributed by atoms with Gasteiger partial charge < -0.3 is 16.0 Å². The molecule has 0 bridgehead atoms. The van der Waals surface area contributed by atoms with Gasteiger partial charge in [0.1, 0.15) is 0 Å². The summed E-state index contributed by atoms with van der Waals surface area (Å²) in [5.41, 5.74) is 1.90. The second kappa shape index (κ2) is 10.6. The fraction of sp³-hybridized carbons (Fsp3) is 0.409. The number of rotatable bonds is 7. The van der Waals surface area contributed by atoms with E-state index in [-0.39, 0.29) is 5.91 Å². The lowest BCUT2D eigenvalue weighted by Gasteiger charge is -2.21. The van der Waals surface area contributed by atoms with Crippen LogP contribution in [0.3, 0.4) is 0 Å². The normalized spacial score (nSPS) is 19.7. The zero-order valence-corrected chi connectivity index (χ0v) is 17.1. The van der Waals surface area contributed by atoms with Crippen LogP contribution in [0.2, 0.25) is 0 Å². The zero-order valence-electron chi connectivity index (χ0n) is 17.1. The van der Waals surface area contributed by atoms with Crippen molar-refractivity contribution in [1.82, 2.24) is 25.8 Å². The van der Waals surface area contributed by atoms with Crippen LogP contribution >= 0.6 is 0 Å². The molecule has 0 saturated carbocycles. The number of likely N-dealkylation sites (tertiary alicyclic amines) is 1. The van der Waals surface area contributed by atoms with Crippen molar-refractivity contribution in [3.63, 3.8) is 0 Å². The molecular weight excluding hydrogens is 364 g/mol. The van der Waals surface area contributed by atoms with Gasteiger partial charge in [0.05, 0.1) is 5.56 Å². The van der Waals surface area contributed by atoms with Crippen LogP contribution in [0.15, 0.2) is 59.9 Å². The van der Waals surface area contributed by atoms with Crippen LogP contribution in [-0.2, 0) is 6.54 Å². The van der Waals surface area contributed by atoms with Crippen LogP contribution in [0.25, 0.3) is 0 Å². The summed E-state index contributed by atoms with van der Waals surface area (Å²) in [5, 5.41) is 9.66. The maximum absolute atomic E-state index is 12.0. The van der Waals surface area contributed by atoms with Crippen LogP contribution in [0.5, 0.6) is 0 Å². The second-order valence-electron chi connectivity index (χ2n) is 7.34. The Bertz CT molecular complexity index is 795. The minimum absolute atomic E-state index is 0.121. The van der Waals surface area contributed by atoms with Gasteiger partial charge >= 0.3 is 0 Å². The minimum atomic E-state index is -0.121. The highest BCUT2D eigenvalue weighted by Gasteiger charge is 2.29. The number of guanidine groups is 1. The molecule has 1 aliphatic heterocycles. The molecular formula is C22H30N6O. The Hall–Kier alpha value is -2.93. The van der Waals surface area contributed by atoms with Gasteiger partial charge in [0.15, 0.2) is 5.96 Å². The molecule has 154 valence electrons. The van der Waals surface area contributed by atoms with E-state index in [1.807, 2.05) is 0 Å². The molecule has 2 unspecified atom stereocenters. The van der Waals surface area contributed by atoms with E-state index in [0.29, 0.717) is 30.7 Å². The van der Waals surface area contributed by atoms with E-state index < -0.39 is 0 Å². The molecule has 1 aromatic carbocycles. The van der Waals surface area contributed by atoms with E-state index in [1.54, 1.807) is 31.6 Å². The Morgan fingerprint density at radius 3 is 2.69 bits per heavy atom. The zero-order chi connectivity index (χ0) is 20.5. The Morgan fingerprint density at radius 2 is 1.97 bits per heavy atom. The van der Waals surface area contributed by atoms with Crippen LogP contribution in [0.1, 0.15) is 29.3 Å². The third-order valence-corrected chi connectivity index (χ3v) is 5.12. The lowest BCUT2D eigenvalue weighted by molar-refractivity contribution is 0.0954. The highest BCUT2D eigenvalue weighted by atomic mass is 16.1. The summed E-state index contributed by atoms with van der Waals surface area (Å²) in [6.07, 6.45) is 4.29. The standard InChI is InChI=1S/C22H30N6O/c1-17-13-20(16-28(17)15-18-7-4-3-5-8-18)27-22(23-2)26-12-11-25-21(29)19-9-6-10-24-14-19/h3-10,14,17,20H,11-13,15-16H2,1-2H3,(H,25,29)(H2,23,26,27). The van der Waals surface area contributed by atoms with Crippen LogP contribution in [0.4, 0.5) is 0 Å². The Labute approximate surface area is 172 Å². The molecule has 1 aromatic heterocycles. The molecule has 7 nitrogen and oxygen atoms in total. The maximum atomic E-state index is 12.0. The smallest absolute Gasteiger partial charge is 0.252 e. The summed E-state index contributed by atoms with van der Waals surface area (Å²) < 4.78 is 0. The topological polar surface area (TPSA) is 81.6 Å². The lowest BCUT2D eigenvalue weighted by atomic mass is 10.2. The quantitative estimate of drug-likeness (QED) is 0.378. The highest BCUT2D eigenvalue weighted by molar-refractivity contribution is 5.93. The Morgan fingerprint density at radius 1 is 1.17 bits per heavy atom. The predicted octanol–water partition coefficient (Wildman–Crippen LogP) is 1.64. The van der Waals surface area contributed by atoms with Crippen molar-refractivity contribution in [2.24, 2.45) is 4.99 Å². The minimum Gasteiger partial charge on any atom is -0.355 e. The van der Waals surface area contributed by atoms with Crippen molar-refractivity contribution in [3.05, 3.63) is 66.0 Å². The molecule has 0 aliphatic carbocycles. The SMILES string of the molecule is CN=C(NCCNC(=O)c1cccnc1)NC1CC(C)N(Cc2ccccc2)C1. The Balaban J connectivity index is 1.39. The first-order valence-electron chi connectivity index (χ1n) is 10.1. The lowest BCUT2D eigenvalue weighted by Crippen LogP contribution is -2.46. The molecule has 3 N–H and O–H groups in total. The highest BCUT2D eigenvalue weighted by Crippen LogP contribution is 2.20. The van der Waals surface area contributed by atoms with Gasteiger partial charge in [0.2, 0.25) is 0 Å². The average molecular weight is 395 g/mol. The summed E-state index contributed by atoms with van der Waals surface area (Å²) in [4.78, 5) is 22.8. The van der Waals surface area contributed by atoms with Gasteiger partial charge in [-0.05, 0) is 31.0 Å². The number of carbonyl (C=O) groups excluding carboxylic acids is 1. The number of hydrogen-bond acceptors (Lipinski definition) is 4. The van der Waals surface area contributed by atoms with Crippen molar-refractivity contribution in [3.8, 4) is 0 Å². The molecule has 0 radical (unpaired) electrons. The van der Waals surface area contributed by atoms with E-state index >= 15 is 0 Å². The van der Waals surface area contributed by atoms with E-state index in [0.717, 1.165) is 25.5 Å². The van der Waals surface area contributed by atoms with Gasteiger partial charge in [-0.2, -0.15) is 0 Å². The molecule has 2 aromatic rings. The number of hydrogen-bond donors (Lipinski definition) is 3. The number of pyridine rings is 1. The molecule has 2 atom stereocenters. The Kier molecular flexibility index (Phi) is 7.58. The largest absolute Gasteiger partial charge is 0.355 e. The van der Waals surface area contributed by atoms with Gasteiger partial charge in [-0.3, -0.25) is 19.7 Å². The maximum Gasteiger partial charge on any atom is 0.252 e. The van der Waals surface area contributed by atoms with Gasteiger partial charge in [0.25, 0.3) is 5.91 Å². The molecule has 3 rings (SSSR count). The van der Waals surface area contributed by atoms with Gasteiger partial charge in [-0.15, -0.1) is 0 Å². The number of amides is 1. The molecule has 0 spiro atoms. The number of aliphatic imine (C=N–C) groups is 1. The third-order valence-electron chi connectivity index (χ3n) is 5.12. The van der Waals surface area contributed by atoms with Gasteiger partial charge in [-0.1, -0.05) is 30.3 Å². The number of benzene rings is 1. The molecule has 1 saturated heterocycles. The first-order chi connectivity index (χ1) is 14.2. The third kappa shape index (κ3) is 6.29. The van der Waals surface area contributed by atoms with Crippen molar-refractivity contribution in [2.45, 2.75) is 32.0 Å². The first-order valence-corrected chi connectivity index (χ1v) is 10.1. The first kappa shape index (κ1) is 20.8. The van der Waals surface area contributed by atoms with E-state index in [9.17, 15) is 4.79 Å². The van der Waals surface area contributed by atoms with Gasteiger partial charge in [0, 0.05) is 57.7 Å². The van der Waals surface area contributed by atoms with Crippen LogP contribution < -0.4 is 16.0 Å². The van der Waals surface area contributed by atoms with Crippen molar-refractivity contribution in [2.75, 3.05) is 26.7 Å². The van der Waals surface area contributed by atoms with Crippen LogP contribution in [0, 0.1) is 0 Å². The average Bonchev–Trinajstić information content (AvgIpc) is 3.10. The number of carbonyl (C=O) groups is 1. The molecule has 7 heteroatoms. The van der Waals surface area contributed by atoms with E-state index in [4.69, 9.17) is 0 Å². The second-order valence-corrected chi connectivity index (χ2v) is 7.34. The number of nitrogens with one attached hydrogen (secondary N) is 3. The summed E-state index contributed by atoms with van der Waals surface area (Å²) in [5.74, 6) is 0.642. The van der Waals surface area contributed by atoms with Crippen LogP contribution in [-0.4, -0.2) is 60.5 Å². The summed E-state index contributed by atoms with van der Waals surface area (Å²) in [7, 11) is 1.77. The molecule has 1 aliphatic rings.